The molecule has 0 atom stereocenters. The molecule has 335 valence electrons. The maximum Gasteiger partial charge on any atom is 0.0798 e. The smallest absolute Gasteiger partial charge is 0.0798 e. The Hall–Kier alpha value is -4.97. The maximum absolute atomic E-state index is 8.79. The average Bonchev–Trinajstić information content (AvgIpc) is 3.85. The van der Waals surface area contributed by atoms with Crippen LogP contribution in [0.5, 0.6) is 0 Å². The Bertz CT molecular complexity index is 3310. The minimum absolute atomic E-state index is 0. The van der Waals surface area contributed by atoms with Gasteiger partial charge in [-0.1, -0.05) is 141 Å². The van der Waals surface area contributed by atoms with Gasteiger partial charge in [0.2, 0.25) is 0 Å². The number of para-hydroxylation sites is 2. The first-order valence-electron chi connectivity index (χ1n) is 25.0. The van der Waals surface area contributed by atoms with E-state index >= 15 is 0 Å². The van der Waals surface area contributed by atoms with E-state index in [1.54, 1.807) is 18.3 Å². The summed E-state index contributed by atoms with van der Waals surface area (Å²) < 4.78 is 45.0. The Labute approximate surface area is 413 Å². The molecule has 0 unspecified atom stereocenters. The molecule has 0 bridgehead atoms. The van der Waals surface area contributed by atoms with Crippen molar-refractivity contribution in [3.05, 3.63) is 167 Å². The van der Waals surface area contributed by atoms with E-state index in [1.807, 2.05) is 38.2 Å². The van der Waals surface area contributed by atoms with Crippen molar-refractivity contribution >= 4 is 55.8 Å². The van der Waals surface area contributed by atoms with Crippen molar-refractivity contribution in [2.24, 2.45) is 5.41 Å². The summed E-state index contributed by atoms with van der Waals surface area (Å²) >= 11 is 1.85. The topological polar surface area (TPSA) is 30.7 Å². The molecule has 1 radical (unpaired) electrons. The van der Waals surface area contributed by atoms with Crippen molar-refractivity contribution < 1.29 is 27.0 Å². The summed E-state index contributed by atoms with van der Waals surface area (Å²) in [5.41, 5.74) is 13.8. The number of hydrogen-bond acceptors (Lipinski definition) is 3. The summed E-state index contributed by atoms with van der Waals surface area (Å²) in [5.74, 6) is 1.60. The van der Waals surface area contributed by atoms with E-state index in [0.717, 1.165) is 27.6 Å². The van der Waals surface area contributed by atoms with Crippen LogP contribution in [0.4, 0.5) is 0 Å². The largest absolute Gasteiger partial charge is 0.333 e. The van der Waals surface area contributed by atoms with Gasteiger partial charge in [0.05, 0.1) is 24.9 Å². The third-order valence-corrected chi connectivity index (χ3v) is 15.0. The maximum atomic E-state index is 8.79. The van der Waals surface area contributed by atoms with Crippen LogP contribution in [-0.4, -0.2) is 22.6 Å². The van der Waals surface area contributed by atoms with Gasteiger partial charge < -0.3 is 9.55 Å². The van der Waals surface area contributed by atoms with Crippen molar-refractivity contribution in [1.29, 1.82) is 0 Å². The van der Waals surface area contributed by atoms with Crippen LogP contribution >= 0.6 is 11.3 Å². The zero-order chi connectivity index (χ0) is 50.0. The number of imidazole rings is 1. The second kappa shape index (κ2) is 19.1. The first-order valence-corrected chi connectivity index (χ1v) is 26.8. The number of hydrogen-bond donors (Lipinski definition) is 0. The number of aryl methyl sites for hydroxylation is 3. The van der Waals surface area contributed by atoms with Gasteiger partial charge in [0, 0.05) is 43.5 Å². The minimum atomic E-state index is -2.17. The summed E-state index contributed by atoms with van der Waals surface area (Å²) in [6, 6.07) is 46.4. The Balaban J connectivity index is 0.000000225. The van der Waals surface area contributed by atoms with Crippen LogP contribution in [0.25, 0.3) is 70.7 Å². The summed E-state index contributed by atoms with van der Waals surface area (Å²) in [5, 5.41) is 3.59. The van der Waals surface area contributed by atoms with Gasteiger partial charge in [-0.15, -0.1) is 59.2 Å². The van der Waals surface area contributed by atoms with E-state index in [-0.39, 0.29) is 25.7 Å². The molecule has 3 heterocycles. The molecule has 0 saturated heterocycles. The fraction of sp³-hybridized carbons (Fsp3) is 0.288. The standard InChI is InChI=1S/C39H35N2S.C20H28NSi.Ir/c1-23(2)30-21-29(27-12-8-7-9-13-27)22-31(24(3)4)38(30)41-35-15-11-10-14-34(35)40-39(41)28-16-17-36-33(20-28)32-18-25(5)26(6)19-37(32)42-36;1-15-8-10-16(11-9-15)18-12-17(13-20(2,3)4)19(14-21-18)22(5,6)7;/h7-15,17-24H,1-6H3;8-10,12,14H,13H2,1-7H3;/q2*-1;/i;1D3,13D2;. The second-order valence-corrected chi connectivity index (χ2v) is 26.0. The van der Waals surface area contributed by atoms with Gasteiger partial charge in [-0.05, 0) is 122 Å². The van der Waals surface area contributed by atoms with E-state index in [2.05, 4.69) is 174 Å². The molecular formula is C59H63IrN3SSi-2. The second-order valence-electron chi connectivity index (χ2n) is 19.8. The molecule has 9 aromatic rings. The Kier molecular flexibility index (Phi) is 12.2. The van der Waals surface area contributed by atoms with Gasteiger partial charge >= 0.3 is 0 Å². The van der Waals surface area contributed by atoms with Gasteiger partial charge in [-0.25, -0.2) is 0 Å². The van der Waals surface area contributed by atoms with Crippen LogP contribution in [0, 0.1) is 38.2 Å². The molecule has 0 fully saturated rings. The first kappa shape index (κ1) is 41.5. The van der Waals surface area contributed by atoms with E-state index in [4.69, 9.17) is 11.8 Å². The molecular weight excluding hydrogens is 1000 g/mol. The predicted octanol–water partition coefficient (Wildman–Crippen LogP) is 16.4. The molecule has 0 N–H and O–H groups in total. The minimum Gasteiger partial charge on any atom is -0.333 e. The predicted molar refractivity (Wildman–Crippen MR) is 281 cm³/mol. The Morgan fingerprint density at radius 3 is 2.02 bits per heavy atom. The summed E-state index contributed by atoms with van der Waals surface area (Å²) in [6.07, 6.45) is 0.269. The van der Waals surface area contributed by atoms with Gasteiger partial charge in [0.15, 0.2) is 0 Å². The third-order valence-electron chi connectivity index (χ3n) is 11.9. The number of fused-ring (bicyclic) bond motifs is 4. The van der Waals surface area contributed by atoms with Gasteiger partial charge in [0.1, 0.15) is 0 Å². The monoisotopic (exact) mass is 1070 g/mol. The molecule has 0 saturated carbocycles. The molecule has 0 amide bonds. The van der Waals surface area contributed by atoms with Crippen molar-refractivity contribution in [1.82, 2.24) is 14.5 Å². The number of aromatic nitrogens is 3. The van der Waals surface area contributed by atoms with Crippen molar-refractivity contribution in [2.45, 2.75) is 107 Å². The number of pyridine rings is 1. The molecule has 0 spiro atoms. The molecule has 0 aliphatic heterocycles. The molecule has 3 nitrogen and oxygen atoms in total. The summed E-state index contributed by atoms with van der Waals surface area (Å²) in [6.45, 7) is 23.7. The zero-order valence-electron chi connectivity index (χ0n) is 44.8. The van der Waals surface area contributed by atoms with E-state index in [0.29, 0.717) is 28.7 Å². The fourth-order valence-electron chi connectivity index (χ4n) is 8.45. The zero-order valence-corrected chi connectivity index (χ0v) is 44.0. The van der Waals surface area contributed by atoms with Gasteiger partial charge in [0.25, 0.3) is 0 Å². The normalized spacial score (nSPS) is 13.5. The molecule has 0 aliphatic carbocycles. The fourth-order valence-corrected chi connectivity index (χ4v) is 11.0. The van der Waals surface area contributed by atoms with Crippen molar-refractivity contribution in [2.75, 3.05) is 0 Å². The van der Waals surface area contributed by atoms with E-state index in [9.17, 15) is 0 Å². The van der Waals surface area contributed by atoms with Gasteiger partial charge in [-0.3, -0.25) is 4.98 Å². The summed E-state index contributed by atoms with van der Waals surface area (Å²) in [4.78, 5) is 9.84. The molecule has 6 aromatic carbocycles. The number of rotatable bonds is 8. The van der Waals surface area contributed by atoms with E-state index < -0.39 is 26.7 Å². The first-order chi connectivity index (χ1) is 32.3. The average molecular weight is 1070 g/mol. The molecule has 65 heavy (non-hydrogen) atoms. The van der Waals surface area contributed by atoms with Crippen LogP contribution in [0.1, 0.15) is 101 Å². The van der Waals surface area contributed by atoms with Gasteiger partial charge in [-0.2, -0.15) is 11.3 Å². The number of thiophene rings is 1. The molecule has 6 heteroatoms. The third kappa shape index (κ3) is 10.2. The van der Waals surface area contributed by atoms with Crippen LogP contribution < -0.4 is 5.19 Å². The number of nitrogens with zero attached hydrogens (tertiary/aromatic N) is 3. The van der Waals surface area contributed by atoms with Crippen molar-refractivity contribution in [3.8, 4) is 39.5 Å². The van der Waals surface area contributed by atoms with Crippen LogP contribution in [-0.2, 0) is 26.5 Å². The SMILES string of the molecule is Cc1cc2sc3c[c-]c(-c4nc5ccccc5n4-c4c(C(C)C)cc(-c5ccccc5)cc4C(C)C)cc3c2cc1C.[2H]C([2H])([2H])c1c[c-]c(-c2cc(C([2H])([2H])C(C)(C)C)c([Si](C)(C)C)cn2)cc1.[Ir]. The number of benzene rings is 6. The summed E-state index contributed by atoms with van der Waals surface area (Å²) in [7, 11) is -1.81. The molecule has 0 aliphatic rings. The molecule has 9 rings (SSSR count). The van der Waals surface area contributed by atoms with Crippen LogP contribution in [0.2, 0.25) is 19.6 Å². The van der Waals surface area contributed by atoms with Crippen LogP contribution in [0.3, 0.4) is 0 Å². The van der Waals surface area contributed by atoms with Crippen LogP contribution in [0.15, 0.2) is 121 Å². The Morgan fingerprint density at radius 2 is 1.38 bits per heavy atom. The van der Waals surface area contributed by atoms with E-state index in [1.165, 1.54) is 65.3 Å². The quantitative estimate of drug-likeness (QED) is 0.112. The molecule has 3 aromatic heterocycles. The Morgan fingerprint density at radius 1 is 0.738 bits per heavy atom. The van der Waals surface area contributed by atoms with Crippen molar-refractivity contribution in [3.63, 3.8) is 0 Å².